The molecule has 0 aliphatic rings. The number of thioether (sulfide) groups is 1. The van der Waals surface area contributed by atoms with Crippen LogP contribution in [0.15, 0.2) is 52.4 Å². The van der Waals surface area contributed by atoms with Crippen molar-refractivity contribution in [2.45, 2.75) is 5.22 Å². The molecule has 3 aromatic rings. The van der Waals surface area contributed by atoms with Gasteiger partial charge in [-0.15, -0.1) is 10.2 Å². The van der Waals surface area contributed by atoms with Crippen molar-refractivity contribution in [2.75, 3.05) is 11.1 Å². The van der Waals surface area contributed by atoms with E-state index >= 15 is 0 Å². The van der Waals surface area contributed by atoms with E-state index in [2.05, 4.69) is 20.5 Å². The van der Waals surface area contributed by atoms with E-state index in [0.717, 1.165) is 11.8 Å². The Kier molecular flexibility index (Phi) is 5.34. The molecule has 122 valence electrons. The molecule has 1 amide bonds. The van der Waals surface area contributed by atoms with Crippen molar-refractivity contribution >= 4 is 46.6 Å². The Morgan fingerprint density at radius 2 is 2.12 bits per heavy atom. The van der Waals surface area contributed by atoms with E-state index in [0.29, 0.717) is 32.4 Å². The number of anilines is 1. The van der Waals surface area contributed by atoms with E-state index in [1.54, 1.807) is 36.7 Å². The molecule has 9 heteroatoms. The molecule has 0 aliphatic heterocycles. The van der Waals surface area contributed by atoms with Crippen LogP contribution in [0.25, 0.3) is 11.5 Å². The number of aromatic nitrogens is 3. The zero-order valence-electron chi connectivity index (χ0n) is 12.1. The van der Waals surface area contributed by atoms with Crippen LogP contribution in [0.4, 0.5) is 5.69 Å². The molecule has 6 nitrogen and oxygen atoms in total. The number of carbonyl (C=O) groups excluding carboxylic acids is 1. The van der Waals surface area contributed by atoms with E-state index in [-0.39, 0.29) is 11.7 Å². The Bertz CT molecular complexity index is 858. The largest absolute Gasteiger partial charge is 0.411 e. The highest BCUT2D eigenvalue weighted by Gasteiger charge is 2.12. The van der Waals surface area contributed by atoms with Crippen LogP contribution in [0.1, 0.15) is 0 Å². The number of carbonyl (C=O) groups is 1. The van der Waals surface area contributed by atoms with Crippen LogP contribution in [0.2, 0.25) is 10.0 Å². The molecular formula is C15H10Cl2N4O2S. The average Bonchev–Trinajstić information content (AvgIpc) is 3.06. The number of hydrogen-bond donors (Lipinski definition) is 1. The number of benzene rings is 1. The van der Waals surface area contributed by atoms with Gasteiger partial charge in [-0.25, -0.2) is 0 Å². The zero-order chi connectivity index (χ0) is 16.9. The number of rotatable bonds is 5. The molecule has 0 fully saturated rings. The molecule has 24 heavy (non-hydrogen) atoms. The van der Waals surface area contributed by atoms with E-state index < -0.39 is 0 Å². The fraction of sp³-hybridized carbons (Fsp3) is 0.0667. The standard InChI is InChI=1S/C15H10Cl2N4O2S/c16-10-3-4-11(17)12(6-10)19-13(22)8-24-15-21-20-14(23-15)9-2-1-5-18-7-9/h1-7H,8H2,(H,19,22). The maximum absolute atomic E-state index is 12.0. The minimum atomic E-state index is -0.259. The van der Waals surface area contributed by atoms with Crippen molar-refractivity contribution in [2.24, 2.45) is 0 Å². The van der Waals surface area contributed by atoms with E-state index in [4.69, 9.17) is 27.6 Å². The smallest absolute Gasteiger partial charge is 0.277 e. The summed E-state index contributed by atoms with van der Waals surface area (Å²) in [4.78, 5) is 16.0. The maximum Gasteiger partial charge on any atom is 0.277 e. The van der Waals surface area contributed by atoms with Gasteiger partial charge in [-0.1, -0.05) is 35.0 Å². The third kappa shape index (κ3) is 4.25. The SMILES string of the molecule is O=C(CSc1nnc(-c2cccnc2)o1)Nc1cc(Cl)ccc1Cl. The molecule has 0 bridgehead atoms. The third-order valence-corrected chi connectivity index (χ3v) is 4.23. The molecule has 0 spiro atoms. The number of nitrogens with zero attached hydrogens (tertiary/aromatic N) is 3. The maximum atomic E-state index is 12.0. The van der Waals surface area contributed by atoms with Crippen LogP contribution < -0.4 is 5.32 Å². The molecule has 2 aromatic heterocycles. The highest BCUT2D eigenvalue weighted by Crippen LogP contribution is 2.26. The second-order valence-corrected chi connectivity index (χ2v) is 6.35. The normalized spacial score (nSPS) is 10.6. The molecule has 0 radical (unpaired) electrons. The van der Waals surface area contributed by atoms with Crippen LogP contribution in [0, 0.1) is 0 Å². The summed E-state index contributed by atoms with van der Waals surface area (Å²) in [6.07, 6.45) is 3.27. The molecule has 0 aliphatic carbocycles. The minimum Gasteiger partial charge on any atom is -0.411 e. The second-order valence-electron chi connectivity index (χ2n) is 4.58. The van der Waals surface area contributed by atoms with Crippen LogP contribution in [0.5, 0.6) is 0 Å². The zero-order valence-corrected chi connectivity index (χ0v) is 14.4. The predicted octanol–water partition coefficient (Wildman–Crippen LogP) is 4.17. The van der Waals surface area contributed by atoms with Gasteiger partial charge in [-0.3, -0.25) is 9.78 Å². The molecule has 0 unspecified atom stereocenters. The Hall–Kier alpha value is -2.09. The van der Waals surface area contributed by atoms with Gasteiger partial charge in [-0.05, 0) is 30.3 Å². The van der Waals surface area contributed by atoms with Gasteiger partial charge in [0.25, 0.3) is 5.22 Å². The van der Waals surface area contributed by atoms with Crippen LogP contribution in [0.3, 0.4) is 0 Å². The fourth-order valence-electron chi connectivity index (χ4n) is 1.78. The topological polar surface area (TPSA) is 80.9 Å². The first-order valence-corrected chi connectivity index (χ1v) is 8.47. The van der Waals surface area contributed by atoms with Crippen molar-refractivity contribution in [3.05, 3.63) is 52.8 Å². The van der Waals surface area contributed by atoms with Crippen LogP contribution >= 0.6 is 35.0 Å². The number of halogens is 2. The summed E-state index contributed by atoms with van der Waals surface area (Å²) >= 11 is 13.0. The lowest BCUT2D eigenvalue weighted by atomic mass is 10.3. The number of pyridine rings is 1. The lowest BCUT2D eigenvalue weighted by molar-refractivity contribution is -0.113. The van der Waals surface area contributed by atoms with Crippen LogP contribution in [-0.2, 0) is 4.79 Å². The number of hydrogen-bond acceptors (Lipinski definition) is 6. The fourth-order valence-corrected chi connectivity index (χ4v) is 2.68. The summed E-state index contributed by atoms with van der Waals surface area (Å²) < 4.78 is 5.49. The average molecular weight is 381 g/mol. The van der Waals surface area contributed by atoms with Gasteiger partial charge >= 0.3 is 0 Å². The van der Waals surface area contributed by atoms with Gasteiger partial charge in [0.2, 0.25) is 11.8 Å². The van der Waals surface area contributed by atoms with Crippen molar-refractivity contribution in [3.63, 3.8) is 0 Å². The van der Waals surface area contributed by atoms with Crippen molar-refractivity contribution in [3.8, 4) is 11.5 Å². The highest BCUT2D eigenvalue weighted by atomic mass is 35.5. The lowest BCUT2D eigenvalue weighted by Crippen LogP contribution is -2.14. The first-order chi connectivity index (χ1) is 11.6. The van der Waals surface area contributed by atoms with E-state index in [9.17, 15) is 4.79 Å². The first-order valence-electron chi connectivity index (χ1n) is 6.73. The second kappa shape index (κ2) is 7.65. The van der Waals surface area contributed by atoms with E-state index in [1.165, 1.54) is 0 Å². The summed E-state index contributed by atoms with van der Waals surface area (Å²) in [5, 5.41) is 11.7. The van der Waals surface area contributed by atoms with Crippen molar-refractivity contribution < 1.29 is 9.21 Å². The van der Waals surface area contributed by atoms with Crippen molar-refractivity contribution in [1.29, 1.82) is 0 Å². The number of amides is 1. The van der Waals surface area contributed by atoms with Gasteiger partial charge in [0, 0.05) is 17.4 Å². The molecular weight excluding hydrogens is 371 g/mol. The lowest BCUT2D eigenvalue weighted by Gasteiger charge is -2.06. The van der Waals surface area contributed by atoms with Gasteiger partial charge in [-0.2, -0.15) is 0 Å². The summed E-state index contributed by atoms with van der Waals surface area (Å²) in [5.74, 6) is 0.187. The molecule has 0 atom stereocenters. The molecule has 0 saturated carbocycles. The summed E-state index contributed by atoms with van der Waals surface area (Å²) in [6.45, 7) is 0. The highest BCUT2D eigenvalue weighted by molar-refractivity contribution is 7.99. The van der Waals surface area contributed by atoms with Gasteiger partial charge < -0.3 is 9.73 Å². The van der Waals surface area contributed by atoms with Crippen molar-refractivity contribution in [1.82, 2.24) is 15.2 Å². The Morgan fingerprint density at radius 1 is 1.25 bits per heavy atom. The predicted molar refractivity (Wildman–Crippen MR) is 93.3 cm³/mol. The summed E-state index contributed by atoms with van der Waals surface area (Å²) in [7, 11) is 0. The quantitative estimate of drug-likeness (QED) is 0.668. The third-order valence-electron chi connectivity index (χ3n) is 2.84. The van der Waals surface area contributed by atoms with Gasteiger partial charge in [0.1, 0.15) is 0 Å². The monoisotopic (exact) mass is 380 g/mol. The van der Waals surface area contributed by atoms with Gasteiger partial charge in [0.15, 0.2) is 0 Å². The van der Waals surface area contributed by atoms with Gasteiger partial charge in [0.05, 0.1) is 22.0 Å². The summed E-state index contributed by atoms with van der Waals surface area (Å²) in [5.41, 5.74) is 1.17. The molecule has 1 aromatic carbocycles. The molecule has 3 rings (SSSR count). The molecule has 0 saturated heterocycles. The molecule has 1 N–H and O–H groups in total. The Balaban J connectivity index is 1.59. The Morgan fingerprint density at radius 3 is 2.92 bits per heavy atom. The van der Waals surface area contributed by atoms with E-state index in [1.807, 2.05) is 6.07 Å². The number of nitrogens with one attached hydrogen (secondary N) is 1. The summed E-state index contributed by atoms with van der Waals surface area (Å²) in [6, 6.07) is 8.43. The molecule has 2 heterocycles. The Labute approximate surface area is 151 Å². The minimum absolute atomic E-state index is 0.0948. The first kappa shape index (κ1) is 16.8. The van der Waals surface area contributed by atoms with Crippen LogP contribution in [-0.4, -0.2) is 26.8 Å².